The molecule has 224 valence electrons. The van der Waals surface area contributed by atoms with Crippen LogP contribution in [0.4, 0.5) is 0 Å². The van der Waals surface area contributed by atoms with Gasteiger partial charge in [0.1, 0.15) is 18.6 Å². The van der Waals surface area contributed by atoms with Crippen molar-refractivity contribution in [3.8, 4) is 0 Å². The quantitative estimate of drug-likeness (QED) is 0.258. The number of carbonyl (C=O) groups is 2. The Morgan fingerprint density at radius 2 is 0.878 bits per heavy atom. The highest BCUT2D eigenvalue weighted by molar-refractivity contribution is 5.91. The van der Waals surface area contributed by atoms with E-state index in [1.165, 1.54) is 11.1 Å². The molecule has 2 aliphatic heterocycles. The Morgan fingerprint density at radius 1 is 0.585 bits per heavy atom. The molecule has 0 bridgehead atoms. The Kier molecular flexibility index (Phi) is 9.06. The average Bonchev–Trinajstić information content (AvgIpc) is 2.84. The van der Waals surface area contributed by atoms with Crippen molar-refractivity contribution in [3.05, 3.63) is 71.8 Å². The third-order valence-corrected chi connectivity index (χ3v) is 9.08. The van der Waals surface area contributed by atoms with Crippen LogP contribution in [-0.4, -0.2) is 56.1 Å². The number of piperidine rings is 2. The van der Waals surface area contributed by atoms with Gasteiger partial charge in [0.2, 0.25) is 0 Å². The molecule has 41 heavy (non-hydrogen) atoms. The van der Waals surface area contributed by atoms with Gasteiger partial charge in [0.05, 0.1) is 0 Å². The lowest BCUT2D eigenvalue weighted by Crippen LogP contribution is -2.62. The summed E-state index contributed by atoms with van der Waals surface area (Å²) >= 11 is 0. The third kappa shape index (κ3) is 7.78. The van der Waals surface area contributed by atoms with Crippen LogP contribution in [-0.2, 0) is 32.2 Å². The van der Waals surface area contributed by atoms with Crippen LogP contribution < -0.4 is 0 Å². The van der Waals surface area contributed by atoms with Crippen LogP contribution in [0.2, 0.25) is 0 Å². The van der Waals surface area contributed by atoms with E-state index in [4.69, 9.17) is 9.47 Å². The number of benzene rings is 2. The number of hydrogen-bond donors (Lipinski definition) is 0. The zero-order valence-corrected chi connectivity index (χ0v) is 26.4. The van der Waals surface area contributed by atoms with Crippen molar-refractivity contribution < 1.29 is 19.1 Å². The largest absolute Gasteiger partial charge is 0.462 e. The summed E-state index contributed by atoms with van der Waals surface area (Å²) in [5.74, 6) is -0.994. The number of likely N-dealkylation sites (tertiary alicyclic amines) is 2. The average molecular weight is 563 g/mol. The minimum Gasteiger partial charge on any atom is -0.462 e. The first kappa shape index (κ1) is 31.2. The predicted octanol–water partition coefficient (Wildman–Crippen LogP) is 6.91. The molecule has 6 nitrogen and oxygen atoms in total. The molecular formula is C35H50N2O4. The molecule has 0 aliphatic carbocycles. The highest BCUT2D eigenvalue weighted by atomic mass is 16.6. The molecule has 2 fully saturated rings. The number of hydrogen-bond acceptors (Lipinski definition) is 6. The smallest absolute Gasteiger partial charge is 0.317 e. The number of nitrogens with zero attached hydrogens (tertiary/aromatic N) is 2. The van der Waals surface area contributed by atoms with E-state index in [-0.39, 0.29) is 40.8 Å². The van der Waals surface area contributed by atoms with E-state index in [2.05, 4.69) is 114 Å². The maximum Gasteiger partial charge on any atom is 0.317 e. The van der Waals surface area contributed by atoms with Crippen molar-refractivity contribution in [1.82, 2.24) is 9.80 Å². The Balaban J connectivity index is 1.31. The second kappa shape index (κ2) is 11.9. The van der Waals surface area contributed by atoms with Gasteiger partial charge in [-0.25, -0.2) is 0 Å². The zero-order chi connectivity index (χ0) is 30.1. The molecule has 6 heteroatoms. The minimum atomic E-state index is -0.497. The van der Waals surface area contributed by atoms with Gasteiger partial charge < -0.3 is 9.47 Å². The van der Waals surface area contributed by atoms with Gasteiger partial charge in [-0.2, -0.15) is 0 Å². The van der Waals surface area contributed by atoms with E-state index in [1.807, 2.05) is 12.1 Å². The van der Waals surface area contributed by atoms with Crippen molar-refractivity contribution in [3.63, 3.8) is 0 Å². The van der Waals surface area contributed by atoms with E-state index in [9.17, 15) is 9.59 Å². The van der Waals surface area contributed by atoms with E-state index < -0.39 is 11.9 Å². The summed E-state index contributed by atoms with van der Waals surface area (Å²) in [5, 5.41) is 0. The number of carbonyl (C=O) groups excluding carboxylic acids is 2. The lowest BCUT2D eigenvalue weighted by Gasteiger charge is -2.55. The number of ether oxygens (including phenoxy) is 2. The lowest BCUT2D eigenvalue weighted by molar-refractivity contribution is -0.171. The van der Waals surface area contributed by atoms with Gasteiger partial charge in [-0.05, 0) is 66.5 Å². The molecule has 2 aromatic carbocycles. The van der Waals surface area contributed by atoms with Gasteiger partial charge in [-0.15, -0.1) is 0 Å². The highest BCUT2D eigenvalue weighted by Gasteiger charge is 2.48. The first-order valence-corrected chi connectivity index (χ1v) is 15.1. The maximum atomic E-state index is 12.9. The molecule has 0 N–H and O–H groups in total. The fourth-order valence-corrected chi connectivity index (χ4v) is 7.58. The summed E-state index contributed by atoms with van der Waals surface area (Å²) < 4.78 is 11.8. The molecule has 0 radical (unpaired) electrons. The van der Waals surface area contributed by atoms with E-state index in [0.717, 1.165) is 13.1 Å². The minimum absolute atomic E-state index is 0.173. The van der Waals surface area contributed by atoms with Crippen LogP contribution >= 0.6 is 0 Å². The lowest BCUT2D eigenvalue weighted by atomic mass is 9.77. The van der Waals surface area contributed by atoms with Crippen molar-refractivity contribution >= 4 is 11.9 Å². The summed E-state index contributed by atoms with van der Waals surface area (Å²) in [6, 6.07) is 21.0. The van der Waals surface area contributed by atoms with Gasteiger partial charge in [-0.3, -0.25) is 19.4 Å². The molecule has 2 saturated heterocycles. The molecule has 2 aliphatic rings. The molecule has 2 heterocycles. The zero-order valence-electron chi connectivity index (χ0n) is 26.4. The van der Waals surface area contributed by atoms with Crippen LogP contribution in [0.15, 0.2) is 60.7 Å². The van der Waals surface area contributed by atoms with Crippen LogP contribution in [0.3, 0.4) is 0 Å². The maximum absolute atomic E-state index is 12.9. The molecule has 2 aromatic rings. The van der Waals surface area contributed by atoms with Gasteiger partial charge in [0.25, 0.3) is 0 Å². The topological polar surface area (TPSA) is 59.1 Å². The first-order valence-electron chi connectivity index (χ1n) is 15.1. The third-order valence-electron chi connectivity index (χ3n) is 9.08. The van der Waals surface area contributed by atoms with Crippen molar-refractivity contribution in [2.75, 3.05) is 0 Å². The Labute approximate surface area is 247 Å². The SMILES string of the molecule is CC1(C)CC(OC(=O)CC(=O)OC2CC(C)(C)N(Cc3ccccc3)C(C)(C)C2)CC(C)(C)N1Cc1ccccc1. The molecule has 0 saturated carbocycles. The summed E-state index contributed by atoms with van der Waals surface area (Å²) in [7, 11) is 0. The van der Waals surface area contributed by atoms with Gasteiger partial charge in [0.15, 0.2) is 0 Å². The fraction of sp³-hybridized carbons (Fsp3) is 0.600. The molecule has 0 unspecified atom stereocenters. The molecule has 0 atom stereocenters. The van der Waals surface area contributed by atoms with Crippen molar-refractivity contribution in [2.45, 2.75) is 135 Å². The standard InChI is InChI=1S/C35H50N2O4/c1-32(2)20-28(21-33(3,4)36(32)24-26-15-11-9-12-16-26)40-30(38)19-31(39)41-29-22-34(5,6)37(35(7,8)23-29)25-27-17-13-10-14-18-27/h9-18,28-29H,19-25H2,1-8H3. The molecular weight excluding hydrogens is 512 g/mol. The summed E-state index contributed by atoms with van der Waals surface area (Å²) in [6.07, 6.45) is 2.02. The number of esters is 2. The molecule has 0 amide bonds. The van der Waals surface area contributed by atoms with Crippen LogP contribution in [0.5, 0.6) is 0 Å². The van der Waals surface area contributed by atoms with E-state index in [0.29, 0.717) is 25.7 Å². The van der Waals surface area contributed by atoms with Crippen LogP contribution in [0.1, 0.15) is 98.6 Å². The van der Waals surface area contributed by atoms with Gasteiger partial charge >= 0.3 is 11.9 Å². The van der Waals surface area contributed by atoms with E-state index >= 15 is 0 Å². The van der Waals surface area contributed by atoms with Crippen molar-refractivity contribution in [1.29, 1.82) is 0 Å². The summed E-state index contributed by atoms with van der Waals surface area (Å²) in [5.41, 5.74) is 1.84. The van der Waals surface area contributed by atoms with Crippen molar-refractivity contribution in [2.24, 2.45) is 0 Å². The second-order valence-electron chi connectivity index (χ2n) is 14.6. The van der Waals surface area contributed by atoms with Gasteiger partial charge in [-0.1, -0.05) is 60.7 Å². The van der Waals surface area contributed by atoms with E-state index in [1.54, 1.807) is 0 Å². The summed E-state index contributed by atoms with van der Waals surface area (Å²) in [6.45, 7) is 19.3. The normalized spacial score (nSPS) is 22.6. The monoisotopic (exact) mass is 562 g/mol. The Morgan fingerprint density at radius 3 is 1.17 bits per heavy atom. The molecule has 0 spiro atoms. The predicted molar refractivity (Wildman–Crippen MR) is 163 cm³/mol. The Bertz CT molecular complexity index is 1060. The highest BCUT2D eigenvalue weighted by Crippen LogP contribution is 2.42. The molecule has 4 rings (SSSR count). The molecule has 0 aromatic heterocycles. The van der Waals surface area contributed by atoms with Crippen LogP contribution in [0.25, 0.3) is 0 Å². The number of rotatable bonds is 8. The fourth-order valence-electron chi connectivity index (χ4n) is 7.58. The van der Waals surface area contributed by atoms with Gasteiger partial charge in [0, 0.05) is 60.9 Å². The second-order valence-corrected chi connectivity index (χ2v) is 14.6. The summed E-state index contributed by atoms with van der Waals surface area (Å²) in [4.78, 5) is 30.8. The van der Waals surface area contributed by atoms with Crippen LogP contribution in [0, 0.1) is 0 Å². The Hall–Kier alpha value is -2.70. The first-order chi connectivity index (χ1) is 19.1.